The zero-order valence-corrected chi connectivity index (χ0v) is 17.3. The third-order valence-electron chi connectivity index (χ3n) is 3.66. The van der Waals surface area contributed by atoms with Crippen LogP contribution in [0.3, 0.4) is 0 Å². The number of halogens is 4. The summed E-state index contributed by atoms with van der Waals surface area (Å²) < 4.78 is 14.8. The fraction of sp³-hybridized carbons (Fsp3) is 0.0588. The lowest BCUT2D eigenvalue weighted by Crippen LogP contribution is -2.02. The van der Waals surface area contributed by atoms with Crippen molar-refractivity contribution in [3.8, 4) is 10.6 Å². The standard InChI is InChI=1S/C17H11Cl2FN6S.ClH/c1-7-23-11(21)5-12(24-7)25-16-15-14(10(20)6-22-16)26-17(27-15)13-8(18)3-2-4-9(13)19;/h2-6H,1H3,(H3,21,22,23,24,25);1H. The fourth-order valence-corrected chi connectivity index (χ4v) is 4.34. The quantitative estimate of drug-likeness (QED) is 0.413. The van der Waals surface area contributed by atoms with E-state index in [4.69, 9.17) is 28.9 Å². The van der Waals surface area contributed by atoms with E-state index in [1.54, 1.807) is 31.2 Å². The van der Waals surface area contributed by atoms with Crippen LogP contribution >= 0.6 is 46.9 Å². The Kier molecular flexibility index (Phi) is 5.85. The third kappa shape index (κ3) is 3.81. The highest BCUT2D eigenvalue weighted by Gasteiger charge is 2.18. The lowest BCUT2D eigenvalue weighted by molar-refractivity contribution is 0.632. The van der Waals surface area contributed by atoms with E-state index in [2.05, 4.69) is 25.3 Å². The number of aromatic nitrogens is 4. The van der Waals surface area contributed by atoms with Crippen LogP contribution in [0.5, 0.6) is 0 Å². The van der Waals surface area contributed by atoms with E-state index in [9.17, 15) is 4.39 Å². The maximum Gasteiger partial charge on any atom is 0.168 e. The van der Waals surface area contributed by atoms with Gasteiger partial charge in [-0.1, -0.05) is 29.3 Å². The van der Waals surface area contributed by atoms with Crippen LogP contribution in [0.15, 0.2) is 30.5 Å². The Hall–Kier alpha value is -2.26. The minimum Gasteiger partial charge on any atom is -0.384 e. The number of nitrogens with zero attached hydrogens (tertiary/aromatic N) is 4. The van der Waals surface area contributed by atoms with Gasteiger partial charge in [-0.3, -0.25) is 0 Å². The molecular weight excluding hydrogens is 446 g/mol. The fourth-order valence-electron chi connectivity index (χ4n) is 2.56. The molecule has 3 aromatic heterocycles. The molecule has 0 spiro atoms. The lowest BCUT2D eigenvalue weighted by atomic mass is 10.2. The normalized spacial score (nSPS) is 10.7. The summed E-state index contributed by atoms with van der Waals surface area (Å²) in [6.45, 7) is 1.72. The molecule has 0 aliphatic heterocycles. The number of hydrogen-bond acceptors (Lipinski definition) is 7. The molecule has 0 radical (unpaired) electrons. The second-order valence-electron chi connectivity index (χ2n) is 5.60. The highest BCUT2D eigenvalue weighted by Crippen LogP contribution is 2.41. The van der Waals surface area contributed by atoms with Crippen molar-refractivity contribution in [2.75, 3.05) is 11.1 Å². The predicted molar refractivity (Wildman–Crippen MR) is 115 cm³/mol. The van der Waals surface area contributed by atoms with Crippen molar-refractivity contribution in [1.29, 1.82) is 0 Å². The molecule has 0 unspecified atom stereocenters. The Balaban J connectivity index is 0.00000225. The molecule has 1 aromatic carbocycles. The molecule has 0 fully saturated rings. The van der Waals surface area contributed by atoms with Gasteiger partial charge in [0.2, 0.25) is 0 Å². The largest absolute Gasteiger partial charge is 0.384 e. The first-order valence-corrected chi connectivity index (χ1v) is 9.27. The number of anilines is 3. The molecule has 0 saturated heterocycles. The SMILES string of the molecule is Cc1nc(N)cc(Nc2ncc(F)c3nc(-c4c(Cl)cccc4Cl)sc23)n1.Cl. The summed E-state index contributed by atoms with van der Waals surface area (Å²) in [5, 5.41) is 4.41. The molecule has 144 valence electrons. The average molecular weight is 458 g/mol. The number of nitrogen functional groups attached to an aromatic ring is 1. The van der Waals surface area contributed by atoms with Gasteiger partial charge in [-0.05, 0) is 19.1 Å². The van der Waals surface area contributed by atoms with Gasteiger partial charge in [0.25, 0.3) is 0 Å². The van der Waals surface area contributed by atoms with E-state index in [1.165, 1.54) is 11.3 Å². The second-order valence-corrected chi connectivity index (χ2v) is 7.41. The number of benzene rings is 1. The molecule has 28 heavy (non-hydrogen) atoms. The summed E-state index contributed by atoms with van der Waals surface area (Å²) >= 11 is 13.8. The van der Waals surface area contributed by atoms with Gasteiger partial charge in [0, 0.05) is 11.6 Å². The van der Waals surface area contributed by atoms with E-state index < -0.39 is 5.82 Å². The van der Waals surface area contributed by atoms with Crippen LogP contribution in [-0.2, 0) is 0 Å². The first-order chi connectivity index (χ1) is 12.9. The number of nitrogens with one attached hydrogen (secondary N) is 1. The van der Waals surface area contributed by atoms with Crippen molar-refractivity contribution in [3.63, 3.8) is 0 Å². The Bertz CT molecular complexity index is 1140. The van der Waals surface area contributed by atoms with Crippen molar-refractivity contribution in [2.45, 2.75) is 6.92 Å². The van der Waals surface area contributed by atoms with Crippen LogP contribution < -0.4 is 11.1 Å². The van der Waals surface area contributed by atoms with E-state index in [1.807, 2.05) is 0 Å². The molecule has 0 bridgehead atoms. The summed E-state index contributed by atoms with van der Waals surface area (Å²) in [6.07, 6.45) is 1.10. The van der Waals surface area contributed by atoms with Crippen LogP contribution in [0.1, 0.15) is 5.82 Å². The Morgan fingerprint density at radius 1 is 1.14 bits per heavy atom. The first-order valence-electron chi connectivity index (χ1n) is 7.70. The van der Waals surface area contributed by atoms with Gasteiger partial charge in [0.05, 0.1) is 16.2 Å². The highest BCUT2D eigenvalue weighted by atomic mass is 35.5. The maximum atomic E-state index is 14.3. The molecule has 3 N–H and O–H groups in total. The van der Waals surface area contributed by atoms with E-state index in [0.717, 1.165) is 6.20 Å². The molecule has 0 saturated carbocycles. The van der Waals surface area contributed by atoms with Crippen LogP contribution in [0, 0.1) is 12.7 Å². The van der Waals surface area contributed by atoms with Crippen molar-refractivity contribution in [2.24, 2.45) is 0 Å². The second kappa shape index (κ2) is 8.00. The van der Waals surface area contributed by atoms with Gasteiger partial charge < -0.3 is 11.1 Å². The molecule has 0 amide bonds. The molecule has 3 heterocycles. The zero-order valence-electron chi connectivity index (χ0n) is 14.2. The molecule has 0 atom stereocenters. The zero-order chi connectivity index (χ0) is 19.1. The van der Waals surface area contributed by atoms with E-state index in [-0.39, 0.29) is 17.9 Å². The molecular formula is C17H12Cl3FN6S. The number of thiazole rings is 1. The van der Waals surface area contributed by atoms with Gasteiger partial charge in [-0.15, -0.1) is 23.7 Å². The Morgan fingerprint density at radius 2 is 1.86 bits per heavy atom. The van der Waals surface area contributed by atoms with Gasteiger partial charge in [0.15, 0.2) is 11.6 Å². The third-order valence-corrected chi connectivity index (χ3v) is 5.37. The van der Waals surface area contributed by atoms with Gasteiger partial charge in [-0.2, -0.15) is 0 Å². The van der Waals surface area contributed by atoms with Gasteiger partial charge in [0.1, 0.15) is 32.7 Å². The van der Waals surface area contributed by atoms with Crippen LogP contribution in [0.25, 0.3) is 20.8 Å². The topological polar surface area (TPSA) is 89.6 Å². The van der Waals surface area contributed by atoms with Gasteiger partial charge >= 0.3 is 0 Å². The predicted octanol–water partition coefficient (Wildman–Crippen LogP) is 5.65. The summed E-state index contributed by atoms with van der Waals surface area (Å²) in [7, 11) is 0. The number of aryl methyl sites for hydroxylation is 1. The minimum absolute atomic E-state index is 0. The number of pyridine rings is 1. The molecule has 0 aliphatic carbocycles. The van der Waals surface area contributed by atoms with Crippen molar-refractivity contribution in [3.05, 3.63) is 52.1 Å². The van der Waals surface area contributed by atoms with Crippen LogP contribution in [-0.4, -0.2) is 19.9 Å². The number of rotatable bonds is 3. The van der Waals surface area contributed by atoms with Crippen LogP contribution in [0.2, 0.25) is 10.0 Å². The smallest absolute Gasteiger partial charge is 0.168 e. The van der Waals surface area contributed by atoms with Crippen LogP contribution in [0.4, 0.5) is 21.8 Å². The van der Waals surface area contributed by atoms with E-state index in [0.29, 0.717) is 48.6 Å². The monoisotopic (exact) mass is 456 g/mol. The molecule has 11 heteroatoms. The minimum atomic E-state index is -0.542. The Morgan fingerprint density at radius 3 is 2.54 bits per heavy atom. The van der Waals surface area contributed by atoms with Crippen molar-refractivity contribution < 1.29 is 4.39 Å². The number of nitrogens with two attached hydrogens (primary N) is 1. The Labute approximate surface area is 179 Å². The maximum absolute atomic E-state index is 14.3. The first kappa shape index (κ1) is 20.5. The van der Waals surface area contributed by atoms with E-state index >= 15 is 0 Å². The summed E-state index contributed by atoms with van der Waals surface area (Å²) in [6, 6.07) is 6.71. The average Bonchev–Trinajstić information content (AvgIpc) is 3.02. The molecule has 4 rings (SSSR count). The molecule has 6 nitrogen and oxygen atoms in total. The number of fused-ring (bicyclic) bond motifs is 1. The summed E-state index contributed by atoms with van der Waals surface area (Å²) in [5.41, 5.74) is 6.47. The highest BCUT2D eigenvalue weighted by molar-refractivity contribution is 7.22. The number of hydrogen-bond donors (Lipinski definition) is 2. The van der Waals surface area contributed by atoms with Crippen molar-refractivity contribution >= 4 is 74.6 Å². The van der Waals surface area contributed by atoms with Gasteiger partial charge in [-0.25, -0.2) is 24.3 Å². The lowest BCUT2D eigenvalue weighted by Gasteiger charge is -2.07. The summed E-state index contributed by atoms with van der Waals surface area (Å²) in [5.74, 6) is 1.13. The molecule has 0 aliphatic rings. The van der Waals surface area contributed by atoms with Crippen molar-refractivity contribution in [1.82, 2.24) is 19.9 Å². The summed E-state index contributed by atoms with van der Waals surface area (Å²) in [4.78, 5) is 16.8. The molecule has 4 aromatic rings.